The number of para-hydroxylation sites is 1. The predicted octanol–water partition coefficient (Wildman–Crippen LogP) is 4.71. The maximum Gasteiger partial charge on any atom is 0.130 e. The molecule has 1 aliphatic heterocycles. The number of nitrogens with one attached hydrogen (secondary N) is 1. The summed E-state index contributed by atoms with van der Waals surface area (Å²) in [5, 5.41) is 3.39. The highest BCUT2D eigenvalue weighted by Crippen LogP contribution is 2.23. The SMILES string of the molecule is Cc1ccccc1Nc1ccc(CN2CCOC(c3ccccc3)C2)cn1. The van der Waals surface area contributed by atoms with E-state index in [-0.39, 0.29) is 6.10 Å². The van der Waals surface area contributed by atoms with Crippen LogP contribution in [-0.4, -0.2) is 29.6 Å². The number of anilines is 2. The third kappa shape index (κ3) is 4.54. The van der Waals surface area contributed by atoms with Gasteiger partial charge in [-0.1, -0.05) is 54.6 Å². The fourth-order valence-electron chi connectivity index (χ4n) is 3.42. The van der Waals surface area contributed by atoms with E-state index >= 15 is 0 Å². The van der Waals surface area contributed by atoms with Crippen LogP contribution >= 0.6 is 0 Å². The molecule has 4 nitrogen and oxygen atoms in total. The fourth-order valence-corrected chi connectivity index (χ4v) is 3.42. The molecule has 138 valence electrons. The summed E-state index contributed by atoms with van der Waals surface area (Å²) in [4.78, 5) is 7.03. The van der Waals surface area contributed by atoms with Crippen LogP contribution < -0.4 is 5.32 Å². The van der Waals surface area contributed by atoms with E-state index in [9.17, 15) is 0 Å². The Morgan fingerprint density at radius 3 is 2.63 bits per heavy atom. The van der Waals surface area contributed by atoms with Crippen molar-refractivity contribution < 1.29 is 4.74 Å². The molecule has 1 aromatic heterocycles. The first-order valence-electron chi connectivity index (χ1n) is 9.44. The topological polar surface area (TPSA) is 37.4 Å². The fraction of sp³-hybridized carbons (Fsp3) is 0.261. The molecule has 0 aliphatic carbocycles. The van der Waals surface area contributed by atoms with E-state index < -0.39 is 0 Å². The Kier molecular flexibility index (Phi) is 5.47. The second-order valence-corrected chi connectivity index (χ2v) is 7.00. The van der Waals surface area contributed by atoms with Gasteiger partial charge in [-0.3, -0.25) is 4.90 Å². The van der Waals surface area contributed by atoms with Crippen LogP contribution in [0.3, 0.4) is 0 Å². The molecule has 0 saturated carbocycles. The van der Waals surface area contributed by atoms with Crippen molar-refractivity contribution in [2.45, 2.75) is 19.6 Å². The van der Waals surface area contributed by atoms with E-state index in [1.54, 1.807) is 0 Å². The van der Waals surface area contributed by atoms with Crippen LogP contribution in [0.4, 0.5) is 11.5 Å². The van der Waals surface area contributed by atoms with Crippen LogP contribution in [0, 0.1) is 6.92 Å². The number of hydrogen-bond acceptors (Lipinski definition) is 4. The minimum Gasteiger partial charge on any atom is -0.371 e. The summed E-state index contributed by atoms with van der Waals surface area (Å²) in [5.74, 6) is 0.872. The lowest BCUT2D eigenvalue weighted by atomic mass is 10.1. The van der Waals surface area contributed by atoms with Gasteiger partial charge in [-0.15, -0.1) is 0 Å². The molecule has 1 aliphatic rings. The highest BCUT2D eigenvalue weighted by atomic mass is 16.5. The maximum absolute atomic E-state index is 5.96. The molecule has 1 fully saturated rings. The lowest BCUT2D eigenvalue weighted by Gasteiger charge is -2.33. The molecule has 3 aromatic rings. The Morgan fingerprint density at radius 1 is 1.04 bits per heavy atom. The van der Waals surface area contributed by atoms with E-state index in [1.165, 1.54) is 16.7 Å². The van der Waals surface area contributed by atoms with E-state index in [4.69, 9.17) is 4.74 Å². The zero-order chi connectivity index (χ0) is 18.5. The van der Waals surface area contributed by atoms with Gasteiger partial charge in [0.1, 0.15) is 5.82 Å². The van der Waals surface area contributed by atoms with Gasteiger partial charge in [0.2, 0.25) is 0 Å². The minimum absolute atomic E-state index is 0.148. The van der Waals surface area contributed by atoms with E-state index in [2.05, 4.69) is 70.7 Å². The van der Waals surface area contributed by atoms with Gasteiger partial charge in [0.05, 0.1) is 12.7 Å². The number of ether oxygens (including phenoxy) is 1. The normalized spacial score (nSPS) is 17.6. The molecule has 27 heavy (non-hydrogen) atoms. The first-order chi connectivity index (χ1) is 13.3. The molecule has 4 heteroatoms. The zero-order valence-electron chi connectivity index (χ0n) is 15.6. The second-order valence-electron chi connectivity index (χ2n) is 7.00. The van der Waals surface area contributed by atoms with Crippen LogP contribution in [0.2, 0.25) is 0 Å². The third-order valence-corrected chi connectivity index (χ3v) is 4.96. The largest absolute Gasteiger partial charge is 0.371 e. The summed E-state index contributed by atoms with van der Waals surface area (Å²) >= 11 is 0. The summed E-state index contributed by atoms with van der Waals surface area (Å²) in [6.45, 7) is 5.61. The van der Waals surface area contributed by atoms with Gasteiger partial charge >= 0.3 is 0 Å². The van der Waals surface area contributed by atoms with Crippen molar-refractivity contribution >= 4 is 11.5 Å². The highest BCUT2D eigenvalue weighted by Gasteiger charge is 2.21. The Morgan fingerprint density at radius 2 is 1.85 bits per heavy atom. The van der Waals surface area contributed by atoms with Gasteiger partial charge in [-0.05, 0) is 35.7 Å². The molecule has 0 spiro atoms. The monoisotopic (exact) mass is 359 g/mol. The lowest BCUT2D eigenvalue weighted by Crippen LogP contribution is -2.37. The molecule has 4 rings (SSSR count). The molecular formula is C23H25N3O. The molecule has 1 N–H and O–H groups in total. The summed E-state index contributed by atoms with van der Waals surface area (Å²) < 4.78 is 5.96. The number of rotatable bonds is 5. The van der Waals surface area contributed by atoms with Crippen molar-refractivity contribution in [1.82, 2.24) is 9.88 Å². The summed E-state index contributed by atoms with van der Waals surface area (Å²) in [6.07, 6.45) is 2.11. The van der Waals surface area contributed by atoms with Gasteiger partial charge in [0, 0.05) is 31.5 Å². The van der Waals surface area contributed by atoms with Crippen molar-refractivity contribution in [1.29, 1.82) is 0 Å². The lowest BCUT2D eigenvalue weighted by molar-refractivity contribution is -0.0329. The third-order valence-electron chi connectivity index (χ3n) is 4.96. The van der Waals surface area contributed by atoms with Gasteiger partial charge in [-0.2, -0.15) is 0 Å². The summed E-state index contributed by atoms with van der Waals surface area (Å²) in [5.41, 5.74) is 4.78. The van der Waals surface area contributed by atoms with Crippen LogP contribution in [0.1, 0.15) is 22.8 Å². The maximum atomic E-state index is 5.96. The minimum atomic E-state index is 0.148. The quantitative estimate of drug-likeness (QED) is 0.716. The number of nitrogens with zero attached hydrogens (tertiary/aromatic N) is 2. The summed E-state index contributed by atoms with van der Waals surface area (Å²) in [6, 6.07) is 22.9. The molecule has 2 aromatic carbocycles. The van der Waals surface area contributed by atoms with Crippen molar-refractivity contribution in [3.8, 4) is 0 Å². The Hall–Kier alpha value is -2.69. The second kappa shape index (κ2) is 8.33. The van der Waals surface area contributed by atoms with Gasteiger partial charge < -0.3 is 10.1 Å². The van der Waals surface area contributed by atoms with Crippen LogP contribution in [0.5, 0.6) is 0 Å². The standard InChI is InChI=1S/C23H25N3O/c1-18-7-5-6-10-21(18)25-23-12-11-19(15-24-23)16-26-13-14-27-22(17-26)20-8-3-2-4-9-20/h2-12,15,22H,13-14,16-17H2,1H3,(H,24,25). The van der Waals surface area contributed by atoms with Crippen molar-refractivity contribution in [3.05, 3.63) is 89.6 Å². The number of benzene rings is 2. The molecule has 0 amide bonds. The number of aryl methyl sites for hydroxylation is 1. The Balaban J connectivity index is 1.37. The molecule has 2 heterocycles. The van der Waals surface area contributed by atoms with Crippen molar-refractivity contribution in [2.75, 3.05) is 25.0 Å². The first kappa shape index (κ1) is 17.7. The average Bonchev–Trinajstić information content (AvgIpc) is 2.72. The molecule has 1 unspecified atom stereocenters. The van der Waals surface area contributed by atoms with Gasteiger partial charge in [0.25, 0.3) is 0 Å². The molecule has 1 atom stereocenters. The molecular weight excluding hydrogens is 334 g/mol. The van der Waals surface area contributed by atoms with E-state index in [0.717, 1.165) is 37.7 Å². The van der Waals surface area contributed by atoms with Crippen LogP contribution in [0.15, 0.2) is 72.9 Å². The molecule has 0 radical (unpaired) electrons. The predicted molar refractivity (Wildman–Crippen MR) is 109 cm³/mol. The Labute approximate surface area is 160 Å². The zero-order valence-corrected chi connectivity index (χ0v) is 15.6. The highest BCUT2D eigenvalue weighted by molar-refractivity contribution is 5.59. The average molecular weight is 359 g/mol. The first-order valence-corrected chi connectivity index (χ1v) is 9.44. The number of aromatic nitrogens is 1. The number of pyridine rings is 1. The van der Waals surface area contributed by atoms with Crippen LogP contribution in [0.25, 0.3) is 0 Å². The van der Waals surface area contributed by atoms with Gasteiger partial charge in [0.15, 0.2) is 0 Å². The van der Waals surface area contributed by atoms with E-state index in [1.807, 2.05) is 24.4 Å². The van der Waals surface area contributed by atoms with Crippen LogP contribution in [-0.2, 0) is 11.3 Å². The van der Waals surface area contributed by atoms with E-state index in [0.29, 0.717) is 0 Å². The van der Waals surface area contributed by atoms with Crippen molar-refractivity contribution in [3.63, 3.8) is 0 Å². The molecule has 1 saturated heterocycles. The summed E-state index contributed by atoms with van der Waals surface area (Å²) in [7, 11) is 0. The smallest absolute Gasteiger partial charge is 0.130 e. The number of morpholine rings is 1. The Bertz CT molecular complexity index is 864. The van der Waals surface area contributed by atoms with Gasteiger partial charge in [-0.25, -0.2) is 4.98 Å². The molecule has 0 bridgehead atoms. The number of hydrogen-bond donors (Lipinski definition) is 1. The van der Waals surface area contributed by atoms with Crippen molar-refractivity contribution in [2.24, 2.45) is 0 Å².